The number of carbonyl (C=O) groups excluding carboxylic acids is 2. The van der Waals surface area contributed by atoms with Crippen LogP contribution in [-0.4, -0.2) is 82.5 Å². The van der Waals surface area contributed by atoms with Crippen LogP contribution in [0.3, 0.4) is 0 Å². The van der Waals surface area contributed by atoms with E-state index in [0.29, 0.717) is 31.8 Å². The van der Waals surface area contributed by atoms with Crippen LogP contribution >= 0.6 is 11.3 Å². The van der Waals surface area contributed by atoms with Crippen LogP contribution in [0, 0.1) is 0 Å². The molecule has 0 spiro atoms. The first kappa shape index (κ1) is 27.1. The maximum atomic E-state index is 13.2. The molecule has 1 aromatic carbocycles. The number of likely N-dealkylation sites (tertiary alicyclic amines) is 1. The molecule has 0 radical (unpaired) electrons. The third-order valence-corrected chi connectivity index (χ3v) is 9.38. The Morgan fingerprint density at radius 1 is 1.12 bits per heavy atom. The Morgan fingerprint density at radius 3 is 2.83 bits per heavy atom. The lowest BCUT2D eigenvalue weighted by atomic mass is 10.1. The zero-order valence-corrected chi connectivity index (χ0v) is 23.7. The van der Waals surface area contributed by atoms with Gasteiger partial charge in [0.15, 0.2) is 0 Å². The average molecular weight is 563 g/mol. The van der Waals surface area contributed by atoms with E-state index in [0.717, 1.165) is 73.4 Å². The van der Waals surface area contributed by atoms with Gasteiger partial charge in [-0.2, -0.15) is 0 Å². The van der Waals surface area contributed by atoms with Gasteiger partial charge in [-0.25, -0.2) is 4.98 Å². The van der Waals surface area contributed by atoms with E-state index in [2.05, 4.69) is 31.5 Å². The Kier molecular flexibility index (Phi) is 8.27. The molecule has 2 N–H and O–H groups in total. The number of benzene rings is 1. The first-order chi connectivity index (χ1) is 19.6. The third kappa shape index (κ3) is 5.99. The monoisotopic (exact) mass is 562 g/mol. The highest BCUT2D eigenvalue weighted by molar-refractivity contribution is 7.09. The van der Waals surface area contributed by atoms with Crippen molar-refractivity contribution < 1.29 is 14.7 Å². The highest BCUT2D eigenvalue weighted by atomic mass is 32.1. The van der Waals surface area contributed by atoms with Crippen LogP contribution in [-0.2, 0) is 16.2 Å². The maximum Gasteiger partial charge on any atom is 0.222 e. The largest absolute Gasteiger partial charge is 0.392 e. The Labute approximate surface area is 239 Å². The molecule has 9 nitrogen and oxygen atoms in total. The Balaban J connectivity index is 1.17. The van der Waals surface area contributed by atoms with E-state index in [1.165, 1.54) is 17.8 Å². The van der Waals surface area contributed by atoms with Crippen LogP contribution < -0.4 is 10.2 Å². The van der Waals surface area contributed by atoms with E-state index < -0.39 is 0 Å². The minimum absolute atomic E-state index is 0.000425. The number of aliphatic hydroxyl groups is 1. The number of hydrogen-bond acceptors (Lipinski definition) is 8. The highest BCUT2D eigenvalue weighted by Crippen LogP contribution is 2.42. The van der Waals surface area contributed by atoms with Crippen molar-refractivity contribution in [3.8, 4) is 0 Å². The molecule has 40 heavy (non-hydrogen) atoms. The Hall–Kier alpha value is -3.08. The molecule has 212 valence electrons. The second-order valence-corrected chi connectivity index (χ2v) is 12.0. The van der Waals surface area contributed by atoms with Crippen LogP contribution in [0.1, 0.15) is 66.7 Å². The lowest BCUT2D eigenvalue weighted by molar-refractivity contribution is -0.128. The fourth-order valence-corrected chi connectivity index (χ4v) is 7.07. The van der Waals surface area contributed by atoms with Gasteiger partial charge in [-0.1, -0.05) is 18.2 Å². The van der Waals surface area contributed by atoms with Gasteiger partial charge in [-0.05, 0) is 31.7 Å². The molecule has 6 rings (SSSR count). The molecule has 1 atom stereocenters. The molecule has 1 saturated carbocycles. The quantitative estimate of drug-likeness (QED) is 0.390. The average Bonchev–Trinajstić information content (AvgIpc) is 3.65. The second kappa shape index (κ2) is 12.2. The van der Waals surface area contributed by atoms with Gasteiger partial charge >= 0.3 is 0 Å². The lowest BCUT2D eigenvalue weighted by Gasteiger charge is -2.30. The minimum Gasteiger partial charge on any atom is -0.392 e. The number of aromatic nitrogens is 2. The molecule has 2 amide bonds. The van der Waals surface area contributed by atoms with Crippen molar-refractivity contribution in [1.29, 1.82) is 0 Å². The number of amides is 2. The summed E-state index contributed by atoms with van der Waals surface area (Å²) in [5.74, 6) is 0.767. The summed E-state index contributed by atoms with van der Waals surface area (Å²) in [7, 11) is 0. The van der Waals surface area contributed by atoms with Crippen LogP contribution in [0.4, 0.5) is 5.69 Å². The SMILES string of the molecule is O=C(CC(c1csc(C2CC2)n1)N1CCCN(c2c(CO)ccc3cccnc23)CC1)NCCN1CCCC1=O. The van der Waals surface area contributed by atoms with Crippen molar-refractivity contribution >= 4 is 39.7 Å². The molecule has 3 aliphatic rings. The van der Waals surface area contributed by atoms with E-state index in [4.69, 9.17) is 4.98 Å². The molecule has 2 aromatic heterocycles. The van der Waals surface area contributed by atoms with E-state index >= 15 is 0 Å². The number of pyridine rings is 1. The van der Waals surface area contributed by atoms with Crippen LogP contribution in [0.5, 0.6) is 0 Å². The molecular weight excluding hydrogens is 524 g/mol. The van der Waals surface area contributed by atoms with E-state index in [1.54, 1.807) is 11.3 Å². The number of rotatable bonds is 10. The van der Waals surface area contributed by atoms with Crippen LogP contribution in [0.15, 0.2) is 35.8 Å². The highest BCUT2D eigenvalue weighted by Gasteiger charge is 2.32. The molecule has 2 saturated heterocycles. The van der Waals surface area contributed by atoms with Gasteiger partial charge in [0.2, 0.25) is 11.8 Å². The zero-order chi connectivity index (χ0) is 27.5. The molecule has 0 bridgehead atoms. The fraction of sp³-hybridized carbons (Fsp3) is 0.533. The molecular formula is C30H38N6O3S. The first-order valence-corrected chi connectivity index (χ1v) is 15.4. The molecule has 4 heterocycles. The molecule has 1 aliphatic carbocycles. The molecule has 3 aromatic rings. The van der Waals surface area contributed by atoms with E-state index in [9.17, 15) is 14.7 Å². The zero-order valence-electron chi connectivity index (χ0n) is 22.9. The summed E-state index contributed by atoms with van der Waals surface area (Å²) in [6, 6.07) is 7.93. The van der Waals surface area contributed by atoms with Crippen LogP contribution in [0.25, 0.3) is 10.9 Å². The van der Waals surface area contributed by atoms with Gasteiger partial charge in [0, 0.05) is 87.1 Å². The van der Waals surface area contributed by atoms with Crippen LogP contribution in [0.2, 0.25) is 0 Å². The van der Waals surface area contributed by atoms with E-state index in [1.807, 2.05) is 29.3 Å². The second-order valence-electron chi connectivity index (χ2n) is 11.1. The van der Waals surface area contributed by atoms with Crippen molar-refractivity contribution in [3.05, 3.63) is 52.1 Å². The van der Waals surface area contributed by atoms with Crippen molar-refractivity contribution in [2.45, 2.75) is 57.1 Å². The number of thiazole rings is 1. The van der Waals surface area contributed by atoms with Crippen molar-refractivity contribution in [1.82, 2.24) is 25.1 Å². The number of carbonyl (C=O) groups is 2. The summed E-state index contributed by atoms with van der Waals surface area (Å²) in [4.78, 5) is 41.4. The fourth-order valence-electron chi connectivity index (χ4n) is 6.04. The van der Waals surface area contributed by atoms with Gasteiger partial charge in [0.25, 0.3) is 0 Å². The minimum atomic E-state index is -0.0972. The molecule has 1 unspecified atom stereocenters. The normalized spacial score (nSPS) is 19.3. The van der Waals surface area contributed by atoms with Crippen molar-refractivity contribution in [3.63, 3.8) is 0 Å². The molecule has 3 fully saturated rings. The third-order valence-electron chi connectivity index (χ3n) is 8.35. The summed E-state index contributed by atoms with van der Waals surface area (Å²) in [5.41, 5.74) is 3.81. The number of fused-ring (bicyclic) bond motifs is 1. The predicted molar refractivity (Wildman–Crippen MR) is 156 cm³/mol. The lowest BCUT2D eigenvalue weighted by Crippen LogP contribution is -2.39. The standard InChI is InChI=1S/C30H38N6O3S/c37-19-23-9-6-21-4-1-10-32-28(21)29(23)36-14-3-13-34(16-17-36)25(24-20-40-30(33-24)22-7-8-22)18-26(38)31-11-15-35-12-2-5-27(35)39/h1,4,6,9-10,20,22,25,37H,2-3,5,7-8,11-19H2,(H,31,38). The van der Waals surface area contributed by atoms with Crippen molar-refractivity contribution in [2.75, 3.05) is 50.7 Å². The first-order valence-electron chi connectivity index (χ1n) is 14.6. The smallest absolute Gasteiger partial charge is 0.222 e. The summed E-state index contributed by atoms with van der Waals surface area (Å²) in [5, 5.41) is 17.6. The van der Waals surface area contributed by atoms with Gasteiger partial charge in [-0.15, -0.1) is 11.3 Å². The van der Waals surface area contributed by atoms with Gasteiger partial charge in [-0.3, -0.25) is 19.5 Å². The molecule has 2 aliphatic heterocycles. The summed E-state index contributed by atoms with van der Waals surface area (Å²) >= 11 is 1.72. The number of aliphatic hydroxyl groups excluding tert-OH is 1. The topological polar surface area (TPSA) is 102 Å². The predicted octanol–water partition coefficient (Wildman–Crippen LogP) is 3.44. The van der Waals surface area contributed by atoms with E-state index in [-0.39, 0.29) is 24.5 Å². The molecule has 10 heteroatoms. The maximum absolute atomic E-state index is 13.2. The van der Waals surface area contributed by atoms with Gasteiger partial charge in [0.05, 0.1) is 34.6 Å². The number of anilines is 1. The summed E-state index contributed by atoms with van der Waals surface area (Å²) in [6.45, 7) is 5.08. The van der Waals surface area contributed by atoms with Gasteiger partial charge in [0.1, 0.15) is 0 Å². The Morgan fingerprint density at radius 2 is 2.02 bits per heavy atom. The Bertz CT molecular complexity index is 1360. The van der Waals surface area contributed by atoms with Crippen molar-refractivity contribution in [2.24, 2.45) is 0 Å². The number of nitrogens with zero attached hydrogens (tertiary/aromatic N) is 5. The summed E-state index contributed by atoms with van der Waals surface area (Å²) in [6.07, 6.45) is 7.02. The number of hydrogen-bond donors (Lipinski definition) is 2. The van der Waals surface area contributed by atoms with Gasteiger partial charge < -0.3 is 20.2 Å². The summed E-state index contributed by atoms with van der Waals surface area (Å²) < 4.78 is 0. The number of nitrogens with one attached hydrogen (secondary N) is 1.